The van der Waals surface area contributed by atoms with Crippen molar-refractivity contribution in [2.75, 3.05) is 39.8 Å². The largest absolute Gasteiger partial charge is 0.490 e. The van der Waals surface area contributed by atoms with Crippen LogP contribution in [0.3, 0.4) is 0 Å². The Morgan fingerprint density at radius 3 is 2.31 bits per heavy atom. The van der Waals surface area contributed by atoms with Gasteiger partial charge in [0.05, 0.1) is 17.6 Å². The summed E-state index contributed by atoms with van der Waals surface area (Å²) in [4.78, 5) is 11.3. The highest BCUT2D eigenvalue weighted by atomic mass is 32.2. The summed E-state index contributed by atoms with van der Waals surface area (Å²) in [5, 5.41) is 7.12. The van der Waals surface area contributed by atoms with Crippen molar-refractivity contribution < 1.29 is 40.6 Å². The normalized spacial score (nSPS) is 24.0. The standard InChI is InChI=1S/C15H21FN2O3S.C2HF3O2/c1-17-8-9-21-15-11-18(7-6-12(15)10-17)22(19,20)14-4-2-13(16)3-5-14;3-2(4,5)1(6)7/h2-5,12,15H,6-11H2,1H3;(H,6,7)/t12-,15-;/m1./s1. The highest BCUT2D eigenvalue weighted by Gasteiger charge is 2.38. The highest BCUT2D eigenvalue weighted by Crippen LogP contribution is 2.27. The minimum atomic E-state index is -5.08. The summed E-state index contributed by atoms with van der Waals surface area (Å²) in [7, 11) is -1.52. The van der Waals surface area contributed by atoms with Crippen molar-refractivity contribution in [2.45, 2.75) is 23.6 Å². The number of rotatable bonds is 2. The molecule has 2 heterocycles. The van der Waals surface area contributed by atoms with Gasteiger partial charge in [-0.15, -0.1) is 0 Å². The first-order valence-corrected chi connectivity index (χ1v) is 10.2. The fourth-order valence-electron chi connectivity index (χ4n) is 3.16. The van der Waals surface area contributed by atoms with Crippen LogP contribution in [-0.2, 0) is 19.6 Å². The number of piperidine rings is 1. The van der Waals surface area contributed by atoms with Crippen molar-refractivity contribution in [3.05, 3.63) is 30.1 Å². The first-order valence-electron chi connectivity index (χ1n) is 8.77. The maximum atomic E-state index is 13.0. The molecule has 2 aliphatic heterocycles. The summed E-state index contributed by atoms with van der Waals surface area (Å²) in [5.74, 6) is -2.83. The average Bonchev–Trinajstić information content (AvgIpc) is 2.81. The summed E-state index contributed by atoms with van der Waals surface area (Å²) >= 11 is 0. The molecule has 164 valence electrons. The Kier molecular flexibility index (Phi) is 7.60. The molecule has 12 heteroatoms. The minimum Gasteiger partial charge on any atom is -0.475 e. The van der Waals surface area contributed by atoms with Crippen LogP contribution in [0.5, 0.6) is 0 Å². The van der Waals surface area contributed by atoms with Crippen molar-refractivity contribution >= 4 is 16.0 Å². The minimum absolute atomic E-state index is 0.0612. The van der Waals surface area contributed by atoms with Crippen molar-refractivity contribution in [1.82, 2.24) is 9.21 Å². The van der Waals surface area contributed by atoms with E-state index in [1.807, 2.05) is 0 Å². The number of likely N-dealkylation sites (N-methyl/N-ethyl adjacent to an activating group) is 1. The van der Waals surface area contributed by atoms with Crippen LogP contribution in [0.4, 0.5) is 17.6 Å². The summed E-state index contributed by atoms with van der Waals surface area (Å²) in [6.07, 6.45) is -4.36. The third-order valence-corrected chi connectivity index (χ3v) is 6.58. The lowest BCUT2D eigenvalue weighted by molar-refractivity contribution is -0.192. The number of ether oxygens (including phenoxy) is 1. The Bertz CT molecular complexity index is 801. The van der Waals surface area contributed by atoms with Crippen LogP contribution in [0.2, 0.25) is 0 Å². The maximum absolute atomic E-state index is 13.0. The van der Waals surface area contributed by atoms with Gasteiger partial charge in [0.1, 0.15) is 5.82 Å². The molecule has 1 aromatic rings. The van der Waals surface area contributed by atoms with E-state index in [9.17, 15) is 26.0 Å². The number of halogens is 4. The van der Waals surface area contributed by atoms with E-state index in [2.05, 4.69) is 11.9 Å². The first kappa shape index (κ1) is 23.5. The lowest BCUT2D eigenvalue weighted by atomic mass is 9.95. The first-order chi connectivity index (χ1) is 13.4. The Morgan fingerprint density at radius 1 is 1.17 bits per heavy atom. The SMILES string of the molecule is CN1CCO[C@@H]2CN(S(=O)(=O)c3ccc(F)cc3)CC[C@@H]2C1.O=C(O)C(F)(F)F. The van der Waals surface area contributed by atoms with E-state index >= 15 is 0 Å². The lowest BCUT2D eigenvalue weighted by Gasteiger charge is -2.37. The summed E-state index contributed by atoms with van der Waals surface area (Å²) in [5.41, 5.74) is 0. The molecule has 2 saturated heterocycles. The number of alkyl halides is 3. The number of fused-ring (bicyclic) bond motifs is 1. The van der Waals surface area contributed by atoms with Crippen molar-refractivity contribution in [3.8, 4) is 0 Å². The Morgan fingerprint density at radius 2 is 1.76 bits per heavy atom. The van der Waals surface area contributed by atoms with Gasteiger partial charge in [-0.3, -0.25) is 0 Å². The molecule has 3 rings (SSSR count). The van der Waals surface area contributed by atoms with Gasteiger partial charge in [-0.1, -0.05) is 0 Å². The zero-order chi connectivity index (χ0) is 21.8. The second-order valence-electron chi connectivity index (χ2n) is 6.84. The number of aliphatic carboxylic acids is 1. The Hall–Kier alpha value is -1.76. The van der Waals surface area contributed by atoms with Crippen LogP contribution in [-0.4, -0.2) is 80.8 Å². The van der Waals surface area contributed by atoms with Gasteiger partial charge < -0.3 is 14.7 Å². The number of hydrogen-bond acceptors (Lipinski definition) is 5. The molecule has 1 aromatic carbocycles. The fourth-order valence-corrected chi connectivity index (χ4v) is 4.63. The maximum Gasteiger partial charge on any atom is 0.490 e. The zero-order valence-electron chi connectivity index (χ0n) is 15.6. The van der Waals surface area contributed by atoms with Crippen LogP contribution < -0.4 is 0 Å². The highest BCUT2D eigenvalue weighted by molar-refractivity contribution is 7.89. The molecule has 2 aliphatic rings. The van der Waals surface area contributed by atoms with Crippen molar-refractivity contribution in [3.63, 3.8) is 0 Å². The van der Waals surface area contributed by atoms with E-state index < -0.39 is 28.0 Å². The van der Waals surface area contributed by atoms with Crippen molar-refractivity contribution in [1.29, 1.82) is 0 Å². The number of benzene rings is 1. The molecule has 0 aromatic heterocycles. The van der Waals surface area contributed by atoms with E-state index in [1.165, 1.54) is 28.6 Å². The smallest absolute Gasteiger partial charge is 0.475 e. The molecule has 1 N–H and O–H groups in total. The predicted octanol–water partition coefficient (Wildman–Crippen LogP) is 1.80. The Balaban J connectivity index is 0.000000370. The molecular formula is C17H22F4N2O5S. The molecule has 0 radical (unpaired) electrons. The van der Waals surface area contributed by atoms with Crippen LogP contribution in [0.25, 0.3) is 0 Å². The third kappa shape index (κ3) is 6.36. The summed E-state index contributed by atoms with van der Waals surface area (Å²) in [6, 6.07) is 4.99. The zero-order valence-corrected chi connectivity index (χ0v) is 16.4. The topological polar surface area (TPSA) is 87.2 Å². The van der Waals surface area contributed by atoms with Gasteiger partial charge >= 0.3 is 12.1 Å². The number of carboxylic acid groups (broad SMARTS) is 1. The molecule has 0 aliphatic carbocycles. The van der Waals surface area contributed by atoms with Gasteiger partial charge in [-0.2, -0.15) is 17.5 Å². The molecule has 0 spiro atoms. The molecule has 2 atom stereocenters. The van der Waals surface area contributed by atoms with E-state index in [4.69, 9.17) is 14.6 Å². The van der Waals surface area contributed by atoms with Gasteiger partial charge in [0, 0.05) is 32.1 Å². The molecule has 29 heavy (non-hydrogen) atoms. The summed E-state index contributed by atoms with van der Waals surface area (Å²) in [6.45, 7) is 3.30. The van der Waals surface area contributed by atoms with Crippen LogP contribution in [0, 0.1) is 11.7 Å². The third-order valence-electron chi connectivity index (χ3n) is 4.70. The van der Waals surface area contributed by atoms with Crippen molar-refractivity contribution in [2.24, 2.45) is 5.92 Å². The van der Waals surface area contributed by atoms with Crippen LogP contribution in [0.15, 0.2) is 29.2 Å². The van der Waals surface area contributed by atoms with Gasteiger partial charge in [0.25, 0.3) is 0 Å². The molecular weight excluding hydrogens is 420 g/mol. The molecule has 0 amide bonds. The van der Waals surface area contributed by atoms with Gasteiger partial charge in [0.2, 0.25) is 10.0 Å². The number of carbonyl (C=O) groups is 1. The van der Waals surface area contributed by atoms with Gasteiger partial charge in [-0.25, -0.2) is 17.6 Å². The van der Waals surface area contributed by atoms with Gasteiger partial charge in [-0.05, 0) is 37.7 Å². The monoisotopic (exact) mass is 442 g/mol. The van der Waals surface area contributed by atoms with Crippen LogP contribution >= 0.6 is 0 Å². The fraction of sp³-hybridized carbons (Fsp3) is 0.588. The second kappa shape index (κ2) is 9.37. The van der Waals surface area contributed by atoms with E-state index in [1.54, 1.807) is 0 Å². The predicted molar refractivity (Wildman–Crippen MR) is 94.2 cm³/mol. The Labute approximate surface area is 165 Å². The average molecular weight is 442 g/mol. The quantitative estimate of drug-likeness (QED) is 0.703. The molecule has 0 bridgehead atoms. The van der Waals surface area contributed by atoms with E-state index in [0.717, 1.165) is 19.5 Å². The van der Waals surface area contributed by atoms with E-state index in [0.29, 0.717) is 25.6 Å². The number of carboxylic acids is 1. The summed E-state index contributed by atoms with van der Waals surface area (Å²) < 4.78 is 77.4. The van der Waals surface area contributed by atoms with E-state index in [-0.39, 0.29) is 11.0 Å². The number of nitrogens with zero attached hydrogens (tertiary/aromatic N) is 2. The molecule has 7 nitrogen and oxygen atoms in total. The van der Waals surface area contributed by atoms with Crippen LogP contribution in [0.1, 0.15) is 6.42 Å². The van der Waals surface area contributed by atoms with Gasteiger partial charge in [0.15, 0.2) is 0 Å². The second-order valence-corrected chi connectivity index (χ2v) is 8.78. The molecule has 0 unspecified atom stereocenters. The molecule has 0 saturated carbocycles. The number of hydrogen-bond donors (Lipinski definition) is 1. The molecule has 2 fully saturated rings. The number of sulfonamides is 1. The lowest BCUT2D eigenvalue weighted by Crippen LogP contribution is -2.48.